The number of hydrogen-bond acceptors (Lipinski definition) is 3. The standard InChI is InChI=1S/C12H16FN3O2/c1-12(2,6-9(14)17)16-11(18)7-4-3-5-8(13)10(7)15/h3-5H,6,15H2,1-2H3,(H2,14,17)(H,16,18). The van der Waals surface area contributed by atoms with Crippen molar-refractivity contribution in [1.82, 2.24) is 5.32 Å². The average molecular weight is 253 g/mol. The van der Waals surface area contributed by atoms with Crippen LogP contribution in [0.25, 0.3) is 0 Å². The first-order valence-corrected chi connectivity index (χ1v) is 5.38. The van der Waals surface area contributed by atoms with Crippen molar-refractivity contribution < 1.29 is 14.0 Å². The summed E-state index contributed by atoms with van der Waals surface area (Å²) < 4.78 is 13.2. The molecule has 0 spiro atoms. The predicted molar refractivity (Wildman–Crippen MR) is 66.2 cm³/mol. The van der Waals surface area contributed by atoms with Crippen molar-refractivity contribution in [2.24, 2.45) is 5.73 Å². The van der Waals surface area contributed by atoms with Crippen LogP contribution >= 0.6 is 0 Å². The van der Waals surface area contributed by atoms with Gasteiger partial charge in [-0.1, -0.05) is 6.07 Å². The minimum absolute atomic E-state index is 0.0199. The van der Waals surface area contributed by atoms with Crippen LogP contribution in [0, 0.1) is 5.82 Å². The molecule has 0 aliphatic rings. The van der Waals surface area contributed by atoms with Crippen molar-refractivity contribution in [1.29, 1.82) is 0 Å². The van der Waals surface area contributed by atoms with Crippen molar-refractivity contribution in [3.05, 3.63) is 29.6 Å². The van der Waals surface area contributed by atoms with Gasteiger partial charge in [-0.15, -0.1) is 0 Å². The Balaban J connectivity index is 2.89. The molecule has 0 atom stereocenters. The van der Waals surface area contributed by atoms with Crippen LogP contribution in [0.15, 0.2) is 18.2 Å². The Morgan fingerprint density at radius 2 is 2.00 bits per heavy atom. The van der Waals surface area contributed by atoms with E-state index < -0.39 is 23.2 Å². The molecule has 6 heteroatoms. The molecule has 0 bridgehead atoms. The van der Waals surface area contributed by atoms with E-state index in [0.29, 0.717) is 0 Å². The Kier molecular flexibility index (Phi) is 3.90. The number of primary amides is 1. The van der Waals surface area contributed by atoms with E-state index in [1.807, 2.05) is 0 Å². The summed E-state index contributed by atoms with van der Waals surface area (Å²) >= 11 is 0. The van der Waals surface area contributed by atoms with Crippen LogP contribution in [0.3, 0.4) is 0 Å². The van der Waals surface area contributed by atoms with Gasteiger partial charge in [0.2, 0.25) is 5.91 Å². The van der Waals surface area contributed by atoms with Gasteiger partial charge in [-0.3, -0.25) is 9.59 Å². The second-order valence-corrected chi connectivity index (χ2v) is 4.68. The van der Waals surface area contributed by atoms with Crippen molar-refractivity contribution in [3.63, 3.8) is 0 Å². The van der Waals surface area contributed by atoms with Gasteiger partial charge in [-0.25, -0.2) is 4.39 Å². The molecule has 0 aliphatic carbocycles. The van der Waals surface area contributed by atoms with Crippen molar-refractivity contribution >= 4 is 17.5 Å². The van der Waals surface area contributed by atoms with Gasteiger partial charge in [0.05, 0.1) is 11.3 Å². The number of halogens is 1. The zero-order chi connectivity index (χ0) is 13.9. The van der Waals surface area contributed by atoms with Gasteiger partial charge < -0.3 is 16.8 Å². The molecule has 18 heavy (non-hydrogen) atoms. The quantitative estimate of drug-likeness (QED) is 0.692. The fourth-order valence-corrected chi connectivity index (χ4v) is 1.59. The summed E-state index contributed by atoms with van der Waals surface area (Å²) in [5.74, 6) is -1.74. The van der Waals surface area contributed by atoms with Gasteiger partial charge >= 0.3 is 0 Å². The van der Waals surface area contributed by atoms with Gasteiger partial charge in [-0.05, 0) is 26.0 Å². The normalized spacial score (nSPS) is 11.1. The minimum Gasteiger partial charge on any atom is -0.396 e. The predicted octanol–water partition coefficient (Wildman–Crippen LogP) is 0.792. The fraction of sp³-hybridized carbons (Fsp3) is 0.333. The number of amides is 2. The molecule has 98 valence electrons. The summed E-state index contributed by atoms with van der Waals surface area (Å²) in [6, 6.07) is 3.97. The third kappa shape index (κ3) is 3.44. The van der Waals surface area contributed by atoms with Gasteiger partial charge in [-0.2, -0.15) is 0 Å². The number of para-hydroxylation sites is 1. The summed E-state index contributed by atoms with van der Waals surface area (Å²) in [5.41, 5.74) is 9.55. The lowest BCUT2D eigenvalue weighted by Crippen LogP contribution is -2.46. The Bertz CT molecular complexity index is 486. The highest BCUT2D eigenvalue weighted by Gasteiger charge is 2.24. The number of rotatable bonds is 4. The van der Waals surface area contributed by atoms with E-state index in [1.54, 1.807) is 13.8 Å². The number of nitrogens with one attached hydrogen (secondary N) is 1. The van der Waals surface area contributed by atoms with Crippen LogP contribution in [0.5, 0.6) is 0 Å². The molecule has 0 saturated heterocycles. The zero-order valence-corrected chi connectivity index (χ0v) is 10.3. The number of nitrogens with two attached hydrogens (primary N) is 2. The van der Waals surface area contributed by atoms with E-state index in [2.05, 4.69) is 5.32 Å². The molecule has 0 saturated carbocycles. The molecule has 0 fully saturated rings. The Morgan fingerprint density at radius 3 is 2.56 bits per heavy atom. The summed E-state index contributed by atoms with van der Waals surface area (Å²) in [4.78, 5) is 22.7. The second kappa shape index (κ2) is 5.03. The number of benzene rings is 1. The van der Waals surface area contributed by atoms with Crippen molar-refractivity contribution in [3.8, 4) is 0 Å². The molecule has 0 heterocycles. The summed E-state index contributed by atoms with van der Waals surface area (Å²) in [7, 11) is 0. The van der Waals surface area contributed by atoms with E-state index >= 15 is 0 Å². The van der Waals surface area contributed by atoms with Crippen LogP contribution < -0.4 is 16.8 Å². The first-order chi connectivity index (χ1) is 8.23. The van der Waals surface area contributed by atoms with E-state index in [1.165, 1.54) is 18.2 Å². The summed E-state index contributed by atoms with van der Waals surface area (Å²) in [6.45, 7) is 3.29. The van der Waals surface area contributed by atoms with E-state index in [4.69, 9.17) is 11.5 Å². The number of anilines is 1. The molecule has 1 aromatic rings. The van der Waals surface area contributed by atoms with Crippen molar-refractivity contribution in [2.45, 2.75) is 25.8 Å². The number of carbonyl (C=O) groups is 2. The van der Waals surface area contributed by atoms with Gasteiger partial charge in [0.1, 0.15) is 5.82 Å². The SMILES string of the molecule is CC(C)(CC(N)=O)NC(=O)c1cccc(F)c1N. The topological polar surface area (TPSA) is 98.2 Å². The maximum atomic E-state index is 13.2. The highest BCUT2D eigenvalue weighted by Crippen LogP contribution is 2.17. The molecule has 5 N–H and O–H groups in total. The molecule has 0 unspecified atom stereocenters. The maximum absolute atomic E-state index is 13.2. The van der Waals surface area contributed by atoms with E-state index in [9.17, 15) is 14.0 Å². The zero-order valence-electron chi connectivity index (χ0n) is 10.3. The molecule has 1 rings (SSSR count). The van der Waals surface area contributed by atoms with Crippen molar-refractivity contribution in [2.75, 3.05) is 5.73 Å². The molecule has 2 amide bonds. The van der Waals surface area contributed by atoms with Gasteiger partial charge in [0.15, 0.2) is 0 Å². The maximum Gasteiger partial charge on any atom is 0.253 e. The number of nitrogen functional groups attached to an aromatic ring is 1. The lowest BCUT2D eigenvalue weighted by Gasteiger charge is -2.25. The van der Waals surface area contributed by atoms with Crippen LogP contribution in [0.4, 0.5) is 10.1 Å². The highest BCUT2D eigenvalue weighted by atomic mass is 19.1. The molecular weight excluding hydrogens is 237 g/mol. The Hall–Kier alpha value is -2.11. The number of carbonyl (C=O) groups excluding carboxylic acids is 2. The molecule has 0 radical (unpaired) electrons. The lowest BCUT2D eigenvalue weighted by molar-refractivity contribution is -0.119. The molecule has 5 nitrogen and oxygen atoms in total. The smallest absolute Gasteiger partial charge is 0.253 e. The molecule has 0 aromatic heterocycles. The summed E-state index contributed by atoms with van der Waals surface area (Å²) in [5, 5.41) is 2.59. The van der Waals surface area contributed by atoms with E-state index in [-0.39, 0.29) is 17.7 Å². The largest absolute Gasteiger partial charge is 0.396 e. The van der Waals surface area contributed by atoms with Gasteiger partial charge in [0, 0.05) is 12.0 Å². The first kappa shape index (κ1) is 14.0. The minimum atomic E-state index is -0.818. The van der Waals surface area contributed by atoms with Crippen LogP contribution in [-0.2, 0) is 4.79 Å². The summed E-state index contributed by atoms with van der Waals surface area (Å²) in [6.07, 6.45) is -0.0199. The average Bonchev–Trinajstić information content (AvgIpc) is 2.18. The fourth-order valence-electron chi connectivity index (χ4n) is 1.59. The van der Waals surface area contributed by atoms with Crippen LogP contribution in [0.2, 0.25) is 0 Å². The third-order valence-electron chi connectivity index (χ3n) is 2.37. The Morgan fingerprint density at radius 1 is 1.39 bits per heavy atom. The monoisotopic (exact) mass is 253 g/mol. The van der Waals surface area contributed by atoms with Crippen LogP contribution in [0.1, 0.15) is 30.6 Å². The lowest BCUT2D eigenvalue weighted by atomic mass is 9.99. The highest BCUT2D eigenvalue weighted by molar-refractivity contribution is 5.99. The number of hydrogen-bond donors (Lipinski definition) is 3. The first-order valence-electron chi connectivity index (χ1n) is 5.38. The molecule has 1 aromatic carbocycles. The van der Waals surface area contributed by atoms with Gasteiger partial charge in [0.25, 0.3) is 5.91 Å². The van der Waals surface area contributed by atoms with E-state index in [0.717, 1.165) is 0 Å². The molecule has 0 aliphatic heterocycles. The van der Waals surface area contributed by atoms with Crippen LogP contribution in [-0.4, -0.2) is 17.4 Å². The third-order valence-corrected chi connectivity index (χ3v) is 2.37. The molecular formula is C12H16FN3O2. The second-order valence-electron chi connectivity index (χ2n) is 4.68. The Labute approximate surface area is 104 Å².